The van der Waals surface area contributed by atoms with E-state index >= 15 is 0 Å². The highest BCUT2D eigenvalue weighted by Crippen LogP contribution is 2.28. The molecule has 1 heterocycles. The quantitative estimate of drug-likeness (QED) is 0.870. The average Bonchev–Trinajstić information content (AvgIpc) is 2.38. The first-order valence-corrected chi connectivity index (χ1v) is 6.42. The Kier molecular flexibility index (Phi) is 4.13. The van der Waals surface area contributed by atoms with Gasteiger partial charge in [0.25, 0.3) is 0 Å². The minimum absolute atomic E-state index is 0.216. The van der Waals surface area contributed by atoms with Gasteiger partial charge in [-0.15, -0.1) is 0 Å². The van der Waals surface area contributed by atoms with E-state index in [-0.39, 0.29) is 11.8 Å². The monoisotopic (exact) mass is 232 g/mol. The van der Waals surface area contributed by atoms with Crippen LogP contribution in [0.4, 0.5) is 0 Å². The van der Waals surface area contributed by atoms with Crippen molar-refractivity contribution in [2.75, 3.05) is 0 Å². The van der Waals surface area contributed by atoms with E-state index in [0.29, 0.717) is 6.54 Å². The van der Waals surface area contributed by atoms with Crippen molar-refractivity contribution in [3.8, 4) is 0 Å². The Labute approximate surface area is 103 Å². The first kappa shape index (κ1) is 12.1. The van der Waals surface area contributed by atoms with Gasteiger partial charge in [-0.25, -0.2) is 0 Å². The molecule has 0 radical (unpaired) electrons. The van der Waals surface area contributed by atoms with Crippen molar-refractivity contribution in [1.82, 2.24) is 10.3 Å². The minimum Gasteiger partial charge on any atom is -0.352 e. The van der Waals surface area contributed by atoms with E-state index in [1.165, 1.54) is 12.8 Å². The maximum atomic E-state index is 12.0. The van der Waals surface area contributed by atoms with Crippen molar-refractivity contribution in [3.05, 3.63) is 30.1 Å². The molecule has 1 aliphatic carbocycles. The summed E-state index contributed by atoms with van der Waals surface area (Å²) in [5.41, 5.74) is 1.11. The van der Waals surface area contributed by atoms with Gasteiger partial charge in [-0.05, 0) is 49.3 Å². The van der Waals surface area contributed by atoms with Gasteiger partial charge in [0.15, 0.2) is 0 Å². The Hall–Kier alpha value is -1.38. The van der Waals surface area contributed by atoms with Crippen molar-refractivity contribution in [3.63, 3.8) is 0 Å². The lowest BCUT2D eigenvalue weighted by Gasteiger charge is -2.25. The van der Waals surface area contributed by atoms with E-state index in [4.69, 9.17) is 0 Å². The summed E-state index contributed by atoms with van der Waals surface area (Å²) in [6, 6.07) is 3.87. The third-order valence-corrected chi connectivity index (χ3v) is 3.60. The lowest BCUT2D eigenvalue weighted by atomic mass is 9.82. The largest absolute Gasteiger partial charge is 0.352 e. The highest BCUT2D eigenvalue weighted by Gasteiger charge is 2.23. The third kappa shape index (κ3) is 3.55. The highest BCUT2D eigenvalue weighted by atomic mass is 16.1. The second-order valence-corrected chi connectivity index (χ2v) is 5.03. The molecule has 3 nitrogen and oxygen atoms in total. The van der Waals surface area contributed by atoms with E-state index in [1.807, 2.05) is 12.1 Å². The molecule has 17 heavy (non-hydrogen) atoms. The number of aromatic nitrogens is 1. The van der Waals surface area contributed by atoms with Gasteiger partial charge in [-0.3, -0.25) is 9.78 Å². The topological polar surface area (TPSA) is 42.0 Å². The normalized spacial score (nSPS) is 24.3. The van der Waals surface area contributed by atoms with Crippen LogP contribution >= 0.6 is 0 Å². The molecule has 0 bridgehead atoms. The number of carbonyl (C=O) groups excluding carboxylic acids is 1. The van der Waals surface area contributed by atoms with Crippen LogP contribution < -0.4 is 5.32 Å². The Morgan fingerprint density at radius 1 is 1.29 bits per heavy atom. The summed E-state index contributed by atoms with van der Waals surface area (Å²) in [4.78, 5) is 15.9. The number of amides is 1. The molecule has 0 unspecified atom stereocenters. The summed E-state index contributed by atoms with van der Waals surface area (Å²) in [5.74, 6) is 1.24. The molecule has 1 N–H and O–H groups in total. The van der Waals surface area contributed by atoms with Crippen molar-refractivity contribution in [2.45, 2.75) is 39.2 Å². The Bertz CT molecular complexity index is 356. The van der Waals surface area contributed by atoms with E-state index in [1.54, 1.807) is 12.4 Å². The van der Waals surface area contributed by atoms with Gasteiger partial charge in [0.05, 0.1) is 0 Å². The van der Waals surface area contributed by atoms with Crippen LogP contribution in [-0.4, -0.2) is 10.9 Å². The van der Waals surface area contributed by atoms with Crippen LogP contribution in [0.2, 0.25) is 0 Å². The van der Waals surface area contributed by atoms with E-state index < -0.39 is 0 Å². The molecule has 0 saturated heterocycles. The molecule has 1 fully saturated rings. The third-order valence-electron chi connectivity index (χ3n) is 3.60. The molecule has 1 aromatic heterocycles. The summed E-state index contributed by atoms with van der Waals surface area (Å²) < 4.78 is 0. The van der Waals surface area contributed by atoms with Gasteiger partial charge in [0.1, 0.15) is 0 Å². The fourth-order valence-electron chi connectivity index (χ4n) is 2.36. The number of nitrogens with one attached hydrogen (secondary N) is 1. The Morgan fingerprint density at radius 2 is 1.94 bits per heavy atom. The Morgan fingerprint density at radius 3 is 2.59 bits per heavy atom. The fourth-order valence-corrected chi connectivity index (χ4v) is 2.36. The maximum absolute atomic E-state index is 12.0. The van der Waals surface area contributed by atoms with Crippen LogP contribution in [0.3, 0.4) is 0 Å². The van der Waals surface area contributed by atoms with Gasteiger partial charge < -0.3 is 5.32 Å². The molecule has 0 aromatic carbocycles. The molecule has 0 spiro atoms. The molecule has 1 amide bonds. The lowest BCUT2D eigenvalue weighted by Crippen LogP contribution is -2.32. The molecule has 0 aliphatic heterocycles. The SMILES string of the molecule is CC1CCC(C(=O)NCc2ccncc2)CC1. The number of rotatable bonds is 3. The van der Waals surface area contributed by atoms with Crippen LogP contribution in [0, 0.1) is 11.8 Å². The molecular weight excluding hydrogens is 212 g/mol. The fraction of sp³-hybridized carbons (Fsp3) is 0.571. The van der Waals surface area contributed by atoms with Crippen LogP contribution in [-0.2, 0) is 11.3 Å². The number of hydrogen-bond donors (Lipinski definition) is 1. The molecule has 92 valence electrons. The number of hydrogen-bond acceptors (Lipinski definition) is 2. The van der Waals surface area contributed by atoms with Crippen molar-refractivity contribution < 1.29 is 4.79 Å². The second-order valence-electron chi connectivity index (χ2n) is 5.03. The summed E-state index contributed by atoms with van der Waals surface area (Å²) >= 11 is 0. The van der Waals surface area contributed by atoms with Crippen molar-refractivity contribution >= 4 is 5.91 Å². The average molecular weight is 232 g/mol. The zero-order chi connectivity index (χ0) is 12.1. The molecular formula is C14H20N2O. The number of pyridine rings is 1. The molecule has 0 atom stereocenters. The zero-order valence-corrected chi connectivity index (χ0v) is 10.4. The summed E-state index contributed by atoms with van der Waals surface area (Å²) in [6.07, 6.45) is 7.97. The van der Waals surface area contributed by atoms with Crippen molar-refractivity contribution in [2.24, 2.45) is 11.8 Å². The maximum Gasteiger partial charge on any atom is 0.223 e. The minimum atomic E-state index is 0.216. The van der Waals surface area contributed by atoms with Crippen LogP contribution in [0.1, 0.15) is 38.2 Å². The van der Waals surface area contributed by atoms with Gasteiger partial charge in [0.2, 0.25) is 5.91 Å². The summed E-state index contributed by atoms with van der Waals surface area (Å²) in [5, 5.41) is 3.02. The lowest BCUT2D eigenvalue weighted by molar-refractivity contribution is -0.126. The first-order valence-electron chi connectivity index (χ1n) is 6.42. The predicted octanol–water partition coefficient (Wildman–Crippen LogP) is 2.52. The second kappa shape index (κ2) is 5.80. The molecule has 1 aliphatic rings. The highest BCUT2D eigenvalue weighted by molar-refractivity contribution is 5.78. The standard InChI is InChI=1S/C14H20N2O/c1-11-2-4-13(5-3-11)14(17)16-10-12-6-8-15-9-7-12/h6-9,11,13H,2-5,10H2,1H3,(H,16,17). The molecule has 3 heteroatoms. The van der Waals surface area contributed by atoms with Gasteiger partial charge in [-0.2, -0.15) is 0 Å². The van der Waals surface area contributed by atoms with E-state index in [2.05, 4.69) is 17.2 Å². The zero-order valence-electron chi connectivity index (χ0n) is 10.4. The van der Waals surface area contributed by atoms with Crippen molar-refractivity contribution in [1.29, 1.82) is 0 Å². The van der Waals surface area contributed by atoms with Gasteiger partial charge in [-0.1, -0.05) is 6.92 Å². The van der Waals surface area contributed by atoms with Crippen LogP contribution in [0.5, 0.6) is 0 Å². The predicted molar refractivity (Wildman–Crippen MR) is 67.2 cm³/mol. The summed E-state index contributed by atoms with van der Waals surface area (Å²) in [6.45, 7) is 2.89. The molecule has 1 saturated carbocycles. The van der Waals surface area contributed by atoms with Crippen LogP contribution in [0.15, 0.2) is 24.5 Å². The molecule has 1 aromatic rings. The molecule has 2 rings (SSSR count). The number of nitrogens with zero attached hydrogens (tertiary/aromatic N) is 1. The van der Waals surface area contributed by atoms with Gasteiger partial charge in [0, 0.05) is 24.9 Å². The smallest absolute Gasteiger partial charge is 0.223 e. The Balaban J connectivity index is 1.78. The first-order chi connectivity index (χ1) is 8.25. The van der Waals surface area contributed by atoms with E-state index in [0.717, 1.165) is 24.3 Å². The summed E-state index contributed by atoms with van der Waals surface area (Å²) in [7, 11) is 0. The van der Waals surface area contributed by atoms with Gasteiger partial charge >= 0.3 is 0 Å². The number of carbonyl (C=O) groups is 1. The van der Waals surface area contributed by atoms with Crippen LogP contribution in [0.25, 0.3) is 0 Å². The van der Waals surface area contributed by atoms with E-state index in [9.17, 15) is 4.79 Å².